The quantitative estimate of drug-likeness (QED) is 0.520. The molecule has 0 aliphatic heterocycles. The van der Waals surface area contributed by atoms with E-state index in [0.29, 0.717) is 19.3 Å². The number of aliphatic carboxylic acids is 2. The Balaban J connectivity index is 2.31. The molecule has 3 N–H and O–H groups in total. The molecule has 0 aromatic rings. The number of aliphatic hydroxyl groups is 1. The van der Waals surface area contributed by atoms with E-state index in [1.54, 1.807) is 13.8 Å². The molecule has 140 valence electrons. The Labute approximate surface area is 149 Å². The van der Waals surface area contributed by atoms with E-state index in [0.717, 1.165) is 30.4 Å². The molecule has 25 heavy (non-hydrogen) atoms. The van der Waals surface area contributed by atoms with Crippen molar-refractivity contribution in [1.82, 2.24) is 0 Å². The van der Waals surface area contributed by atoms with Gasteiger partial charge in [0, 0.05) is 6.08 Å². The maximum Gasteiger partial charge on any atom is 0.328 e. The predicted molar refractivity (Wildman–Crippen MR) is 95.1 cm³/mol. The van der Waals surface area contributed by atoms with Gasteiger partial charge in [-0.1, -0.05) is 24.6 Å². The Morgan fingerprint density at radius 3 is 2.48 bits per heavy atom. The van der Waals surface area contributed by atoms with Crippen molar-refractivity contribution in [3.8, 4) is 0 Å². The van der Waals surface area contributed by atoms with Crippen molar-refractivity contribution in [3.05, 3.63) is 23.8 Å². The Bertz CT molecular complexity index is 607. The molecule has 5 nitrogen and oxygen atoms in total. The lowest BCUT2D eigenvalue weighted by atomic mass is 9.46. The van der Waals surface area contributed by atoms with Gasteiger partial charge in [-0.05, 0) is 69.6 Å². The van der Waals surface area contributed by atoms with Crippen LogP contribution in [0.25, 0.3) is 0 Å². The van der Waals surface area contributed by atoms with Gasteiger partial charge >= 0.3 is 11.9 Å². The molecule has 2 rings (SSSR count). The number of carboxylic acid groups (broad SMARTS) is 2. The number of rotatable bonds is 5. The minimum absolute atomic E-state index is 0.0137. The van der Waals surface area contributed by atoms with Crippen molar-refractivity contribution < 1.29 is 24.9 Å². The first-order valence-corrected chi connectivity index (χ1v) is 9.00. The molecule has 0 amide bonds. The van der Waals surface area contributed by atoms with Crippen LogP contribution < -0.4 is 0 Å². The number of hydrogen-bond donors (Lipinski definition) is 3. The first-order valence-electron chi connectivity index (χ1n) is 9.00. The Morgan fingerprint density at radius 2 is 1.92 bits per heavy atom. The van der Waals surface area contributed by atoms with Crippen LogP contribution in [0, 0.1) is 22.7 Å². The number of allylic oxidation sites excluding steroid dienone is 2. The van der Waals surface area contributed by atoms with Crippen molar-refractivity contribution in [2.75, 3.05) is 0 Å². The first kappa shape index (κ1) is 19.7. The Hall–Kier alpha value is -1.62. The van der Waals surface area contributed by atoms with Gasteiger partial charge in [0.1, 0.15) is 0 Å². The molecule has 0 aromatic carbocycles. The average Bonchev–Trinajstić information content (AvgIpc) is 2.44. The minimum atomic E-state index is -0.949. The van der Waals surface area contributed by atoms with E-state index in [2.05, 4.69) is 13.5 Å². The second-order valence-electron chi connectivity index (χ2n) is 8.46. The zero-order chi connectivity index (χ0) is 19.0. The first-order chi connectivity index (χ1) is 11.5. The summed E-state index contributed by atoms with van der Waals surface area (Å²) >= 11 is 0. The summed E-state index contributed by atoms with van der Waals surface area (Å²) in [6.07, 6.45) is 4.42. The molecule has 0 bridgehead atoms. The molecular formula is C20H30O5. The van der Waals surface area contributed by atoms with Gasteiger partial charge in [-0.2, -0.15) is 0 Å². The van der Waals surface area contributed by atoms with E-state index >= 15 is 0 Å². The summed E-state index contributed by atoms with van der Waals surface area (Å²) in [5, 5.41) is 29.1. The van der Waals surface area contributed by atoms with Crippen molar-refractivity contribution in [2.45, 2.75) is 65.4 Å². The van der Waals surface area contributed by atoms with Crippen LogP contribution in [0.1, 0.15) is 59.3 Å². The average molecular weight is 350 g/mol. The highest BCUT2D eigenvalue weighted by Crippen LogP contribution is 2.62. The zero-order valence-electron chi connectivity index (χ0n) is 15.4. The summed E-state index contributed by atoms with van der Waals surface area (Å²) in [7, 11) is 0. The lowest BCUT2D eigenvalue weighted by Gasteiger charge is -2.58. The topological polar surface area (TPSA) is 94.8 Å². The molecule has 0 radical (unpaired) electrons. The highest BCUT2D eigenvalue weighted by Gasteiger charge is 2.59. The van der Waals surface area contributed by atoms with Crippen LogP contribution in [0.4, 0.5) is 0 Å². The van der Waals surface area contributed by atoms with E-state index < -0.39 is 23.5 Å². The number of carbonyl (C=O) groups is 2. The summed E-state index contributed by atoms with van der Waals surface area (Å²) in [5.41, 5.74) is 0.633. The van der Waals surface area contributed by atoms with Crippen molar-refractivity contribution >= 4 is 11.9 Å². The fraction of sp³-hybridized carbons (Fsp3) is 0.700. The van der Waals surface area contributed by atoms with Crippen LogP contribution in [0.2, 0.25) is 0 Å². The molecule has 0 spiro atoms. The van der Waals surface area contributed by atoms with E-state index in [4.69, 9.17) is 5.11 Å². The van der Waals surface area contributed by atoms with Crippen LogP contribution >= 0.6 is 0 Å². The highest BCUT2D eigenvalue weighted by atomic mass is 16.4. The third-order valence-corrected chi connectivity index (χ3v) is 6.63. The summed E-state index contributed by atoms with van der Waals surface area (Å²) in [6.45, 7) is 9.88. The summed E-state index contributed by atoms with van der Waals surface area (Å²) in [5.74, 6) is -1.71. The number of hydrogen-bond acceptors (Lipinski definition) is 3. The fourth-order valence-electron chi connectivity index (χ4n) is 5.51. The van der Waals surface area contributed by atoms with E-state index in [9.17, 15) is 19.8 Å². The Kier molecular flexibility index (Phi) is 5.47. The molecule has 2 aliphatic rings. The third-order valence-electron chi connectivity index (χ3n) is 6.63. The predicted octanol–water partition coefficient (Wildman–Crippen LogP) is 3.63. The molecular weight excluding hydrogens is 320 g/mol. The maximum atomic E-state index is 12.0. The Morgan fingerprint density at radius 1 is 1.28 bits per heavy atom. The SMILES string of the molecule is C=C1CCC2C(C)(C(=O)O)CC(O)CC2(C)C1CCC(C)=CC(=O)O. The van der Waals surface area contributed by atoms with Crippen LogP contribution in [0.15, 0.2) is 23.8 Å². The van der Waals surface area contributed by atoms with Crippen LogP contribution in [0.3, 0.4) is 0 Å². The van der Waals surface area contributed by atoms with E-state index in [-0.39, 0.29) is 17.3 Å². The summed E-state index contributed by atoms with van der Waals surface area (Å²) in [6, 6.07) is 0. The van der Waals surface area contributed by atoms with Crippen LogP contribution in [-0.2, 0) is 9.59 Å². The highest BCUT2D eigenvalue weighted by molar-refractivity contribution is 5.80. The maximum absolute atomic E-state index is 12.0. The van der Waals surface area contributed by atoms with Gasteiger partial charge in [-0.25, -0.2) is 4.79 Å². The molecule has 0 aromatic heterocycles. The molecule has 2 aliphatic carbocycles. The van der Waals surface area contributed by atoms with Gasteiger partial charge in [0.2, 0.25) is 0 Å². The number of carboxylic acids is 2. The van der Waals surface area contributed by atoms with Gasteiger partial charge in [0.15, 0.2) is 0 Å². The normalized spacial score (nSPS) is 39.0. The lowest BCUT2D eigenvalue weighted by molar-refractivity contribution is -0.173. The smallest absolute Gasteiger partial charge is 0.328 e. The van der Waals surface area contributed by atoms with Crippen molar-refractivity contribution in [1.29, 1.82) is 0 Å². The van der Waals surface area contributed by atoms with Crippen LogP contribution in [0.5, 0.6) is 0 Å². The molecule has 5 unspecified atom stereocenters. The molecule has 2 fully saturated rings. The monoisotopic (exact) mass is 350 g/mol. The molecule has 0 saturated heterocycles. The standard InChI is InChI=1S/C20H30O5/c1-12(9-17(22)23)5-7-15-13(2)6-8-16-19(15,3)10-14(21)11-20(16,4)18(24)25/h9,14-16,21H,2,5-8,10-11H2,1,3-4H3,(H,22,23)(H,24,25). The second kappa shape index (κ2) is 6.94. The summed E-state index contributed by atoms with van der Waals surface area (Å²) < 4.78 is 0. The fourth-order valence-corrected chi connectivity index (χ4v) is 5.51. The molecule has 2 saturated carbocycles. The largest absolute Gasteiger partial charge is 0.481 e. The number of fused-ring (bicyclic) bond motifs is 1. The van der Waals surface area contributed by atoms with E-state index in [1.165, 1.54) is 6.08 Å². The van der Waals surface area contributed by atoms with Gasteiger partial charge in [0.05, 0.1) is 11.5 Å². The van der Waals surface area contributed by atoms with E-state index in [1.807, 2.05) is 0 Å². The second-order valence-corrected chi connectivity index (χ2v) is 8.46. The van der Waals surface area contributed by atoms with Gasteiger partial charge in [-0.15, -0.1) is 0 Å². The van der Waals surface area contributed by atoms with Gasteiger partial charge in [0.25, 0.3) is 0 Å². The molecule has 0 heterocycles. The number of aliphatic hydroxyl groups excluding tert-OH is 1. The van der Waals surface area contributed by atoms with Gasteiger partial charge < -0.3 is 15.3 Å². The van der Waals surface area contributed by atoms with Crippen LogP contribution in [-0.4, -0.2) is 33.4 Å². The lowest BCUT2D eigenvalue weighted by Crippen LogP contribution is -2.56. The van der Waals surface area contributed by atoms with Crippen molar-refractivity contribution in [3.63, 3.8) is 0 Å². The molecule has 5 atom stereocenters. The molecule has 5 heteroatoms. The minimum Gasteiger partial charge on any atom is -0.481 e. The zero-order valence-corrected chi connectivity index (χ0v) is 15.4. The van der Waals surface area contributed by atoms with Crippen molar-refractivity contribution in [2.24, 2.45) is 22.7 Å². The summed E-state index contributed by atoms with van der Waals surface area (Å²) in [4.78, 5) is 22.8. The third kappa shape index (κ3) is 3.66. The van der Waals surface area contributed by atoms with Gasteiger partial charge in [-0.3, -0.25) is 4.79 Å².